The van der Waals surface area contributed by atoms with Gasteiger partial charge in [0.15, 0.2) is 0 Å². The molecule has 64 valence electrons. The van der Waals surface area contributed by atoms with E-state index in [1.807, 2.05) is 12.1 Å². The van der Waals surface area contributed by atoms with E-state index in [2.05, 4.69) is 0 Å². The van der Waals surface area contributed by atoms with E-state index in [1.54, 1.807) is 10.6 Å². The lowest BCUT2D eigenvalue weighted by molar-refractivity contribution is -0.132. The molecule has 0 spiro atoms. The quantitative estimate of drug-likeness (QED) is 0.528. The number of rotatable bonds is 3. The van der Waals surface area contributed by atoms with Gasteiger partial charge in [0.05, 0.1) is 12.0 Å². The first-order valence-corrected chi connectivity index (χ1v) is 4.76. The Kier molecular flexibility index (Phi) is 2.08. The maximum Gasteiger partial charge on any atom is 0.234 e. The number of β-lactam (4-membered cyclic amide) rings is 1. The Labute approximate surface area is 74.9 Å². The number of nitrogens with zero attached hydrogens (tertiary/aromatic N) is 1. The van der Waals surface area contributed by atoms with E-state index < -0.39 is 0 Å². The van der Waals surface area contributed by atoms with Crippen molar-refractivity contribution in [3.05, 3.63) is 24.2 Å². The Bertz CT molecular complexity index is 271. The van der Waals surface area contributed by atoms with Crippen LogP contribution in [0.25, 0.3) is 0 Å². The number of furan rings is 1. The van der Waals surface area contributed by atoms with Crippen molar-refractivity contribution in [3.8, 4) is 0 Å². The predicted molar refractivity (Wildman–Crippen MR) is 46.3 cm³/mol. The van der Waals surface area contributed by atoms with Gasteiger partial charge in [-0.15, -0.1) is 0 Å². The van der Waals surface area contributed by atoms with Gasteiger partial charge >= 0.3 is 0 Å². The zero-order chi connectivity index (χ0) is 8.39. The highest BCUT2D eigenvalue weighted by Gasteiger charge is 2.24. The number of carbonyl (C=O) groups excluding carboxylic acids is 1. The normalized spacial score (nSPS) is 16.3. The van der Waals surface area contributed by atoms with Crippen LogP contribution < -0.4 is 0 Å². The van der Waals surface area contributed by atoms with Crippen molar-refractivity contribution in [2.45, 2.75) is 12.2 Å². The molecule has 1 aromatic rings. The SMILES string of the molecule is O=C1CCN1SCc1ccco1. The first-order chi connectivity index (χ1) is 5.86. The zero-order valence-corrected chi connectivity index (χ0v) is 7.34. The summed E-state index contributed by atoms with van der Waals surface area (Å²) in [6.45, 7) is 0.879. The van der Waals surface area contributed by atoms with Crippen molar-refractivity contribution in [3.63, 3.8) is 0 Å². The van der Waals surface area contributed by atoms with E-state index in [0.29, 0.717) is 6.42 Å². The van der Waals surface area contributed by atoms with Crippen LogP contribution in [0.15, 0.2) is 22.8 Å². The molecule has 2 rings (SSSR count). The van der Waals surface area contributed by atoms with Gasteiger partial charge in [-0.05, 0) is 24.1 Å². The molecule has 0 bridgehead atoms. The van der Waals surface area contributed by atoms with E-state index >= 15 is 0 Å². The van der Waals surface area contributed by atoms with Crippen LogP contribution in [0.3, 0.4) is 0 Å². The third-order valence-corrected chi connectivity index (χ3v) is 2.86. The third kappa shape index (κ3) is 1.48. The largest absolute Gasteiger partial charge is 0.468 e. The lowest BCUT2D eigenvalue weighted by Crippen LogP contribution is -2.37. The summed E-state index contributed by atoms with van der Waals surface area (Å²) < 4.78 is 6.90. The van der Waals surface area contributed by atoms with Crippen molar-refractivity contribution < 1.29 is 9.21 Å². The van der Waals surface area contributed by atoms with Gasteiger partial charge in [0.25, 0.3) is 0 Å². The Hall–Kier alpha value is -0.900. The molecule has 0 aromatic carbocycles. The summed E-state index contributed by atoms with van der Waals surface area (Å²) in [6, 6.07) is 3.77. The molecule has 0 N–H and O–H groups in total. The minimum absolute atomic E-state index is 0.228. The fraction of sp³-hybridized carbons (Fsp3) is 0.375. The number of carbonyl (C=O) groups is 1. The summed E-state index contributed by atoms with van der Waals surface area (Å²) in [5, 5.41) is 0. The lowest BCUT2D eigenvalue weighted by atomic mass is 10.3. The topological polar surface area (TPSA) is 33.5 Å². The summed E-state index contributed by atoms with van der Waals surface area (Å²) in [5.41, 5.74) is 0. The second-order valence-corrected chi connectivity index (χ2v) is 3.59. The predicted octanol–water partition coefficient (Wildman–Crippen LogP) is 1.66. The van der Waals surface area contributed by atoms with E-state index in [4.69, 9.17) is 4.42 Å². The maximum atomic E-state index is 10.9. The Morgan fingerprint density at radius 2 is 2.58 bits per heavy atom. The molecule has 12 heavy (non-hydrogen) atoms. The second kappa shape index (κ2) is 3.23. The molecule has 3 nitrogen and oxygen atoms in total. The summed E-state index contributed by atoms with van der Waals surface area (Å²) in [5.74, 6) is 1.89. The van der Waals surface area contributed by atoms with Gasteiger partial charge in [-0.1, -0.05) is 0 Å². The van der Waals surface area contributed by atoms with Gasteiger partial charge in [-0.25, -0.2) is 0 Å². The zero-order valence-electron chi connectivity index (χ0n) is 6.53. The molecular weight excluding hydrogens is 174 g/mol. The Balaban J connectivity index is 1.79. The number of hydrogen-bond acceptors (Lipinski definition) is 3. The first kappa shape index (κ1) is 7.73. The molecule has 1 fully saturated rings. The molecule has 4 heteroatoms. The van der Waals surface area contributed by atoms with Gasteiger partial charge in [0, 0.05) is 13.0 Å². The van der Waals surface area contributed by atoms with Crippen LogP contribution in [0.4, 0.5) is 0 Å². The molecule has 1 aliphatic rings. The van der Waals surface area contributed by atoms with Gasteiger partial charge in [-0.2, -0.15) is 0 Å². The highest BCUT2D eigenvalue weighted by atomic mass is 32.2. The number of hydrogen-bond donors (Lipinski definition) is 0. The van der Waals surface area contributed by atoms with Crippen LogP contribution >= 0.6 is 11.9 Å². The van der Waals surface area contributed by atoms with Gasteiger partial charge in [-0.3, -0.25) is 9.10 Å². The number of amides is 1. The molecule has 2 heterocycles. The lowest BCUT2D eigenvalue weighted by Gasteiger charge is -2.28. The van der Waals surface area contributed by atoms with Gasteiger partial charge in [0.2, 0.25) is 5.91 Å². The smallest absolute Gasteiger partial charge is 0.234 e. The van der Waals surface area contributed by atoms with Gasteiger partial charge in [0.1, 0.15) is 5.76 Å². The van der Waals surface area contributed by atoms with Crippen LogP contribution in [0.1, 0.15) is 12.2 Å². The second-order valence-electron chi connectivity index (χ2n) is 2.60. The molecule has 0 atom stereocenters. The van der Waals surface area contributed by atoms with Crippen molar-refractivity contribution >= 4 is 17.9 Å². The molecule has 1 amide bonds. The summed E-state index contributed by atoms with van der Waals surface area (Å²) >= 11 is 1.52. The fourth-order valence-corrected chi connectivity index (χ4v) is 1.87. The highest BCUT2D eigenvalue weighted by Crippen LogP contribution is 2.23. The van der Waals surface area contributed by atoms with E-state index in [1.165, 1.54) is 11.9 Å². The Morgan fingerprint density at radius 1 is 1.67 bits per heavy atom. The molecule has 0 aliphatic carbocycles. The van der Waals surface area contributed by atoms with Crippen LogP contribution in [0.5, 0.6) is 0 Å². The summed E-state index contributed by atoms with van der Waals surface area (Å²) in [6.07, 6.45) is 2.35. The molecular formula is C8H9NO2S. The van der Waals surface area contributed by atoms with Crippen LogP contribution in [0, 0.1) is 0 Å². The van der Waals surface area contributed by atoms with Crippen LogP contribution in [0.2, 0.25) is 0 Å². The highest BCUT2D eigenvalue weighted by molar-refractivity contribution is 7.96. The van der Waals surface area contributed by atoms with E-state index in [-0.39, 0.29) is 5.91 Å². The standard InChI is InChI=1S/C8H9NO2S/c10-8-3-4-9(8)12-6-7-2-1-5-11-7/h1-2,5H,3-4,6H2. The molecule has 1 saturated heterocycles. The minimum atomic E-state index is 0.228. The van der Waals surface area contributed by atoms with Crippen molar-refractivity contribution in [1.82, 2.24) is 4.31 Å². The summed E-state index contributed by atoms with van der Waals surface area (Å²) in [4.78, 5) is 10.9. The average Bonchev–Trinajstić information content (AvgIpc) is 2.54. The van der Waals surface area contributed by atoms with Crippen molar-refractivity contribution in [1.29, 1.82) is 0 Å². The third-order valence-electron chi connectivity index (χ3n) is 1.75. The molecule has 0 radical (unpaired) electrons. The van der Waals surface area contributed by atoms with Gasteiger partial charge < -0.3 is 4.42 Å². The monoisotopic (exact) mass is 183 g/mol. The van der Waals surface area contributed by atoms with Crippen molar-refractivity contribution in [2.75, 3.05) is 6.54 Å². The minimum Gasteiger partial charge on any atom is -0.468 e. The van der Waals surface area contributed by atoms with Crippen LogP contribution in [-0.4, -0.2) is 16.8 Å². The average molecular weight is 183 g/mol. The molecule has 1 aromatic heterocycles. The van der Waals surface area contributed by atoms with Crippen LogP contribution in [-0.2, 0) is 10.5 Å². The van der Waals surface area contributed by atoms with Crippen molar-refractivity contribution in [2.24, 2.45) is 0 Å². The maximum absolute atomic E-state index is 10.9. The fourth-order valence-electron chi connectivity index (χ4n) is 0.967. The van der Waals surface area contributed by atoms with E-state index in [9.17, 15) is 4.79 Å². The molecule has 1 aliphatic heterocycles. The van der Waals surface area contributed by atoms with E-state index in [0.717, 1.165) is 18.1 Å². The molecule has 0 unspecified atom stereocenters. The Morgan fingerprint density at radius 3 is 3.08 bits per heavy atom. The molecule has 0 saturated carbocycles. The summed E-state index contributed by atoms with van der Waals surface area (Å²) in [7, 11) is 0. The first-order valence-electron chi connectivity index (χ1n) is 3.82.